The highest BCUT2D eigenvalue weighted by Gasteiger charge is 2.49. The first-order chi connectivity index (χ1) is 13.4. The molecule has 0 bridgehead atoms. The summed E-state index contributed by atoms with van der Waals surface area (Å²) in [5, 5.41) is 13.3. The zero-order chi connectivity index (χ0) is 22.0. The van der Waals surface area contributed by atoms with Gasteiger partial charge in [0.25, 0.3) is 0 Å². The minimum absolute atomic E-state index is 0.0105. The van der Waals surface area contributed by atoms with Gasteiger partial charge in [-0.15, -0.1) is 0 Å². The van der Waals surface area contributed by atoms with Crippen LogP contribution in [0, 0.1) is 5.41 Å². The van der Waals surface area contributed by atoms with Gasteiger partial charge in [0.05, 0.1) is 35.8 Å². The maximum atomic E-state index is 12.0. The van der Waals surface area contributed by atoms with E-state index >= 15 is 0 Å². The molecule has 2 amide bonds. The summed E-state index contributed by atoms with van der Waals surface area (Å²) in [5.41, 5.74) is -0.825. The Bertz CT molecular complexity index is 768. The molecule has 0 aromatic heterocycles. The lowest BCUT2D eigenvalue weighted by molar-refractivity contribution is -0.155. The van der Waals surface area contributed by atoms with Crippen LogP contribution in [0.25, 0.3) is 0 Å². The van der Waals surface area contributed by atoms with Crippen molar-refractivity contribution in [1.29, 1.82) is 0 Å². The Balaban J connectivity index is 2.62. The number of hydrogen-bond donors (Lipinski definition) is 2. The lowest BCUT2D eigenvalue weighted by Gasteiger charge is -2.40. The lowest BCUT2D eigenvalue weighted by Crippen LogP contribution is -2.55. The van der Waals surface area contributed by atoms with Crippen LogP contribution >= 0.6 is 23.2 Å². The first kappa shape index (κ1) is 23.7. The number of ether oxygens (including phenoxy) is 2. The van der Waals surface area contributed by atoms with E-state index in [4.69, 9.17) is 32.7 Å². The van der Waals surface area contributed by atoms with E-state index in [1.54, 1.807) is 18.2 Å². The molecule has 2 N–H and O–H groups in total. The number of nitrogens with zero attached hydrogens (tertiary/aromatic N) is 1. The molecule has 162 valence electrons. The largest absolute Gasteiger partial charge is 0.465 e. The van der Waals surface area contributed by atoms with Crippen LogP contribution in [0.3, 0.4) is 0 Å². The summed E-state index contributed by atoms with van der Waals surface area (Å²) in [6.45, 7) is 7.58. The van der Waals surface area contributed by atoms with Crippen molar-refractivity contribution in [2.24, 2.45) is 5.41 Å². The summed E-state index contributed by atoms with van der Waals surface area (Å²) in [5.74, 6) is -0.257. The molecule has 9 heteroatoms. The van der Waals surface area contributed by atoms with Gasteiger partial charge in [-0.3, -0.25) is 4.79 Å². The second kappa shape index (κ2) is 9.08. The van der Waals surface area contributed by atoms with Gasteiger partial charge in [0.2, 0.25) is 5.91 Å². The van der Waals surface area contributed by atoms with Gasteiger partial charge in [-0.05, 0) is 23.1 Å². The van der Waals surface area contributed by atoms with Crippen LogP contribution in [0.5, 0.6) is 0 Å². The number of methoxy groups -OCH3 is 1. The molecular weight excluding hydrogens is 419 g/mol. The standard InChI is InChI=1S/C20H28Cl2N2O5/c1-12(25)23-10-20(28-5)11-24(18(26)27)9-16(19(2,3)4)29-17(20)13-6-7-14(21)15(22)8-13/h6-8,16-17H,9-11H2,1-5H3,(H,23,25)(H,26,27)/t16-,17-,20-/m0/s1. The fourth-order valence-corrected chi connectivity index (χ4v) is 3.66. The Labute approximate surface area is 181 Å². The van der Waals surface area contributed by atoms with E-state index in [0.29, 0.717) is 15.6 Å². The molecule has 29 heavy (non-hydrogen) atoms. The molecule has 1 aliphatic heterocycles. The normalized spacial score (nSPS) is 25.4. The lowest BCUT2D eigenvalue weighted by atomic mass is 9.87. The van der Waals surface area contributed by atoms with Gasteiger partial charge < -0.3 is 24.8 Å². The number of hydrogen-bond acceptors (Lipinski definition) is 4. The molecule has 1 aromatic rings. The summed E-state index contributed by atoms with van der Waals surface area (Å²) < 4.78 is 12.4. The molecule has 7 nitrogen and oxygen atoms in total. The topological polar surface area (TPSA) is 88.1 Å². The summed E-state index contributed by atoms with van der Waals surface area (Å²) in [4.78, 5) is 24.9. The number of carboxylic acid groups (broad SMARTS) is 1. The molecule has 0 aliphatic carbocycles. The highest BCUT2D eigenvalue weighted by atomic mass is 35.5. The third kappa shape index (κ3) is 5.54. The zero-order valence-electron chi connectivity index (χ0n) is 17.3. The van der Waals surface area contributed by atoms with Gasteiger partial charge >= 0.3 is 6.09 Å². The van der Waals surface area contributed by atoms with Crippen LogP contribution in [-0.4, -0.2) is 60.5 Å². The molecule has 1 fully saturated rings. The van der Waals surface area contributed by atoms with Crippen LogP contribution in [0.4, 0.5) is 4.79 Å². The summed E-state index contributed by atoms with van der Waals surface area (Å²) >= 11 is 12.3. The number of halogens is 2. The number of carbonyl (C=O) groups excluding carboxylic acids is 1. The number of carbonyl (C=O) groups is 2. The van der Waals surface area contributed by atoms with Gasteiger partial charge in [0.15, 0.2) is 0 Å². The predicted octanol–water partition coefficient (Wildman–Crippen LogP) is 3.98. The first-order valence-corrected chi connectivity index (χ1v) is 10.0. The van der Waals surface area contributed by atoms with Crippen molar-refractivity contribution >= 4 is 35.2 Å². The van der Waals surface area contributed by atoms with Gasteiger partial charge in [0.1, 0.15) is 11.7 Å². The van der Waals surface area contributed by atoms with Crippen LogP contribution < -0.4 is 5.32 Å². The van der Waals surface area contributed by atoms with Crippen LogP contribution in [-0.2, 0) is 14.3 Å². The van der Waals surface area contributed by atoms with Gasteiger partial charge in [-0.1, -0.05) is 50.0 Å². The van der Waals surface area contributed by atoms with E-state index in [9.17, 15) is 14.7 Å². The molecular formula is C20H28Cl2N2O5. The number of benzene rings is 1. The average molecular weight is 447 g/mol. The maximum Gasteiger partial charge on any atom is 0.407 e. The molecule has 2 rings (SSSR count). The smallest absolute Gasteiger partial charge is 0.407 e. The number of nitrogens with one attached hydrogen (secondary N) is 1. The van der Waals surface area contributed by atoms with Gasteiger partial charge in [-0.2, -0.15) is 0 Å². The van der Waals surface area contributed by atoms with E-state index in [1.807, 2.05) is 20.8 Å². The Morgan fingerprint density at radius 3 is 2.48 bits per heavy atom. The number of amides is 2. The fourth-order valence-electron chi connectivity index (χ4n) is 3.35. The molecule has 1 saturated heterocycles. The van der Waals surface area contributed by atoms with E-state index in [-0.39, 0.29) is 31.0 Å². The van der Waals surface area contributed by atoms with Crippen molar-refractivity contribution in [1.82, 2.24) is 10.2 Å². The average Bonchev–Trinajstić information content (AvgIpc) is 2.80. The quantitative estimate of drug-likeness (QED) is 0.729. The maximum absolute atomic E-state index is 12.0. The molecule has 1 heterocycles. The number of rotatable bonds is 4. The summed E-state index contributed by atoms with van der Waals surface area (Å²) in [6, 6.07) is 5.12. The van der Waals surface area contributed by atoms with Crippen molar-refractivity contribution in [3.63, 3.8) is 0 Å². The third-order valence-electron chi connectivity index (χ3n) is 5.15. The zero-order valence-corrected chi connectivity index (χ0v) is 18.8. The van der Waals surface area contributed by atoms with Crippen molar-refractivity contribution in [2.75, 3.05) is 26.7 Å². The van der Waals surface area contributed by atoms with E-state index in [2.05, 4.69) is 5.32 Å². The van der Waals surface area contributed by atoms with Crippen molar-refractivity contribution in [3.8, 4) is 0 Å². The first-order valence-electron chi connectivity index (χ1n) is 9.27. The molecule has 1 aromatic carbocycles. The highest BCUT2D eigenvalue weighted by molar-refractivity contribution is 6.42. The van der Waals surface area contributed by atoms with E-state index in [1.165, 1.54) is 18.9 Å². The Kier molecular flexibility index (Phi) is 7.43. The van der Waals surface area contributed by atoms with Crippen LogP contribution in [0.1, 0.15) is 39.4 Å². The summed E-state index contributed by atoms with van der Waals surface area (Å²) in [7, 11) is 1.48. The second-order valence-electron chi connectivity index (χ2n) is 8.39. The molecule has 1 aliphatic rings. The van der Waals surface area contributed by atoms with Gasteiger partial charge in [-0.25, -0.2) is 4.79 Å². The molecule has 0 radical (unpaired) electrons. The minimum Gasteiger partial charge on any atom is -0.465 e. The Hall–Kier alpha value is -1.54. The Morgan fingerprint density at radius 1 is 1.34 bits per heavy atom. The summed E-state index contributed by atoms with van der Waals surface area (Å²) in [6.07, 6.45) is -2.20. The van der Waals surface area contributed by atoms with E-state index in [0.717, 1.165) is 0 Å². The second-order valence-corrected chi connectivity index (χ2v) is 9.20. The molecule has 0 unspecified atom stereocenters. The SMILES string of the molecule is CO[C@@]1(CNC(C)=O)CN(C(=O)O)C[C@@H](C(C)(C)C)O[C@H]1c1ccc(Cl)c(Cl)c1. The van der Waals surface area contributed by atoms with Crippen molar-refractivity contribution < 1.29 is 24.2 Å². The van der Waals surface area contributed by atoms with Gasteiger partial charge in [0, 0.05) is 14.0 Å². The van der Waals surface area contributed by atoms with Crippen molar-refractivity contribution in [3.05, 3.63) is 33.8 Å². The van der Waals surface area contributed by atoms with Crippen LogP contribution in [0.2, 0.25) is 10.0 Å². The monoisotopic (exact) mass is 446 g/mol. The molecule has 0 saturated carbocycles. The highest BCUT2D eigenvalue weighted by Crippen LogP contribution is 2.41. The Morgan fingerprint density at radius 2 is 2.00 bits per heavy atom. The minimum atomic E-state index is -1.17. The fraction of sp³-hybridized carbons (Fsp3) is 0.600. The predicted molar refractivity (Wildman–Crippen MR) is 112 cm³/mol. The van der Waals surface area contributed by atoms with E-state index < -0.39 is 23.9 Å². The third-order valence-corrected chi connectivity index (χ3v) is 5.89. The van der Waals surface area contributed by atoms with Crippen LogP contribution in [0.15, 0.2) is 18.2 Å². The van der Waals surface area contributed by atoms with Crippen molar-refractivity contribution in [2.45, 2.75) is 45.5 Å². The molecule has 3 atom stereocenters. The molecule has 0 spiro atoms.